The summed E-state index contributed by atoms with van der Waals surface area (Å²) >= 11 is 0. The monoisotopic (exact) mass is 274 g/mol. The molecule has 1 nitrogen and oxygen atoms in total. The van der Waals surface area contributed by atoms with Gasteiger partial charge in [0.05, 0.1) is 0 Å². The summed E-state index contributed by atoms with van der Waals surface area (Å²) < 4.78 is 46.4. The van der Waals surface area contributed by atoms with Crippen molar-refractivity contribution in [2.45, 2.75) is 12.2 Å². The molecule has 0 aromatic heterocycles. The maximum atomic E-state index is 14.6. The molecule has 0 saturated heterocycles. The van der Waals surface area contributed by atoms with Crippen molar-refractivity contribution < 1.29 is 17.9 Å². The smallest absolute Gasteiger partial charge is 0.159 e. The van der Waals surface area contributed by atoms with Gasteiger partial charge in [0.25, 0.3) is 0 Å². The Balaban J connectivity index is 1.89. The maximum absolute atomic E-state index is 14.6. The summed E-state index contributed by atoms with van der Waals surface area (Å²) in [5, 5.41) is 0. The third-order valence-corrected chi connectivity index (χ3v) is 3.79. The molecule has 2 aliphatic heterocycles. The van der Waals surface area contributed by atoms with Gasteiger partial charge in [-0.05, 0) is 23.3 Å². The Morgan fingerprint density at radius 1 is 0.850 bits per heavy atom. The molecule has 0 fully saturated rings. The van der Waals surface area contributed by atoms with Gasteiger partial charge in [0.15, 0.2) is 11.6 Å². The van der Waals surface area contributed by atoms with Crippen LogP contribution in [-0.4, -0.2) is 0 Å². The van der Waals surface area contributed by atoms with Crippen molar-refractivity contribution in [2.75, 3.05) is 0 Å². The molecule has 0 radical (unpaired) electrons. The van der Waals surface area contributed by atoms with Crippen LogP contribution in [0.3, 0.4) is 0 Å². The Hall–Kier alpha value is -2.07. The van der Waals surface area contributed by atoms with Crippen LogP contribution in [0.2, 0.25) is 0 Å². The van der Waals surface area contributed by atoms with Gasteiger partial charge < -0.3 is 4.74 Å². The van der Waals surface area contributed by atoms with Crippen molar-refractivity contribution in [3.63, 3.8) is 0 Å². The number of fused-ring (bicyclic) bond motifs is 5. The summed E-state index contributed by atoms with van der Waals surface area (Å²) in [7, 11) is 0. The zero-order chi connectivity index (χ0) is 13.9. The van der Waals surface area contributed by atoms with Gasteiger partial charge in [-0.15, -0.1) is 0 Å². The summed E-state index contributed by atoms with van der Waals surface area (Å²) in [5.41, 5.74) is 1.88. The summed E-state index contributed by atoms with van der Waals surface area (Å²) in [6.07, 6.45) is 3.14. The lowest BCUT2D eigenvalue weighted by molar-refractivity contribution is 0.0867. The predicted octanol–water partition coefficient (Wildman–Crippen LogP) is 4.45. The van der Waals surface area contributed by atoms with Gasteiger partial charge in [-0.25, -0.2) is 13.2 Å². The summed E-state index contributed by atoms with van der Waals surface area (Å²) in [6, 6.07) is 6.74. The van der Waals surface area contributed by atoms with E-state index in [9.17, 15) is 13.2 Å². The molecular formula is C16H9F3O. The fraction of sp³-hybridized carbons (Fsp3) is 0.125. The van der Waals surface area contributed by atoms with Crippen molar-refractivity contribution in [1.82, 2.24) is 0 Å². The SMILES string of the molecule is Fc1ccc(-c2ccc3c(c2F)C2C=CC3O2)cc1F. The molecule has 4 rings (SSSR count). The van der Waals surface area contributed by atoms with Crippen molar-refractivity contribution in [2.24, 2.45) is 0 Å². The molecule has 2 unspecified atom stereocenters. The van der Waals surface area contributed by atoms with Gasteiger partial charge in [-0.2, -0.15) is 0 Å². The first-order valence-electron chi connectivity index (χ1n) is 6.26. The predicted molar refractivity (Wildman–Crippen MR) is 67.5 cm³/mol. The third-order valence-electron chi connectivity index (χ3n) is 3.79. The second-order valence-electron chi connectivity index (χ2n) is 4.92. The molecule has 20 heavy (non-hydrogen) atoms. The van der Waals surface area contributed by atoms with Crippen molar-refractivity contribution in [3.05, 3.63) is 71.1 Å². The number of hydrogen-bond acceptors (Lipinski definition) is 1. The number of ether oxygens (including phenoxy) is 1. The lowest BCUT2D eigenvalue weighted by Crippen LogP contribution is -2.00. The van der Waals surface area contributed by atoms with Crippen LogP contribution in [0.4, 0.5) is 13.2 Å². The highest BCUT2D eigenvalue weighted by Crippen LogP contribution is 2.48. The molecule has 2 bridgehead atoms. The first-order chi connectivity index (χ1) is 9.65. The van der Waals surface area contributed by atoms with E-state index in [1.807, 2.05) is 12.2 Å². The highest BCUT2D eigenvalue weighted by Gasteiger charge is 2.36. The molecule has 0 saturated carbocycles. The Morgan fingerprint density at radius 2 is 1.65 bits per heavy atom. The molecular weight excluding hydrogens is 265 g/mol. The number of rotatable bonds is 1. The van der Waals surface area contributed by atoms with Crippen molar-refractivity contribution in [1.29, 1.82) is 0 Å². The minimum atomic E-state index is -0.986. The van der Waals surface area contributed by atoms with Crippen LogP contribution in [0.1, 0.15) is 23.3 Å². The molecule has 0 aliphatic carbocycles. The summed E-state index contributed by atoms with van der Waals surface area (Å²) in [5.74, 6) is -2.36. The minimum absolute atomic E-state index is 0.191. The number of benzene rings is 2. The number of halogens is 3. The molecule has 4 heteroatoms. The largest absolute Gasteiger partial charge is 0.357 e. The van der Waals surface area contributed by atoms with Crippen LogP contribution in [-0.2, 0) is 4.74 Å². The molecule has 2 atom stereocenters. The van der Waals surface area contributed by atoms with Gasteiger partial charge in [0.2, 0.25) is 0 Å². The molecule has 2 heterocycles. The highest BCUT2D eigenvalue weighted by molar-refractivity contribution is 5.67. The maximum Gasteiger partial charge on any atom is 0.159 e. The third kappa shape index (κ3) is 1.48. The van der Waals surface area contributed by atoms with Crippen LogP contribution < -0.4 is 0 Å². The second kappa shape index (κ2) is 3.96. The molecule has 2 aromatic carbocycles. The average molecular weight is 274 g/mol. The van der Waals surface area contributed by atoms with E-state index in [1.165, 1.54) is 6.07 Å². The van der Waals surface area contributed by atoms with Crippen LogP contribution in [0.5, 0.6) is 0 Å². The molecule has 2 aliphatic rings. The lowest BCUT2D eigenvalue weighted by Gasteiger charge is -2.12. The number of hydrogen-bond donors (Lipinski definition) is 0. The average Bonchev–Trinajstić information content (AvgIpc) is 3.04. The fourth-order valence-electron chi connectivity index (χ4n) is 2.82. The van der Waals surface area contributed by atoms with E-state index in [0.29, 0.717) is 11.1 Å². The van der Waals surface area contributed by atoms with Crippen LogP contribution >= 0.6 is 0 Å². The van der Waals surface area contributed by atoms with E-state index in [1.54, 1.807) is 12.1 Å². The van der Waals surface area contributed by atoms with Gasteiger partial charge in [-0.3, -0.25) is 0 Å². The lowest BCUT2D eigenvalue weighted by atomic mass is 9.92. The Kier molecular flexibility index (Phi) is 2.32. The van der Waals surface area contributed by atoms with Crippen LogP contribution in [0.25, 0.3) is 11.1 Å². The van der Waals surface area contributed by atoms with E-state index in [2.05, 4.69) is 0 Å². The van der Waals surface area contributed by atoms with Gasteiger partial charge in [0.1, 0.15) is 18.0 Å². The molecule has 100 valence electrons. The minimum Gasteiger partial charge on any atom is -0.357 e. The standard InChI is InChI=1S/C16H9F3O/c17-11-4-1-8(7-12(11)18)9-2-3-10-13-5-6-14(20-13)15(10)16(9)19/h1-7,13-14H. The Labute approximate surface area is 113 Å². The highest BCUT2D eigenvalue weighted by atomic mass is 19.2. The first kappa shape index (κ1) is 11.7. The first-order valence-corrected chi connectivity index (χ1v) is 6.26. The Bertz CT molecular complexity index is 752. The van der Waals surface area contributed by atoms with E-state index in [0.717, 1.165) is 17.7 Å². The van der Waals surface area contributed by atoms with E-state index in [4.69, 9.17) is 4.74 Å². The molecule has 0 amide bonds. The van der Waals surface area contributed by atoms with Gasteiger partial charge in [0, 0.05) is 11.1 Å². The molecule has 0 spiro atoms. The fourth-order valence-corrected chi connectivity index (χ4v) is 2.82. The van der Waals surface area contributed by atoms with E-state index < -0.39 is 17.5 Å². The van der Waals surface area contributed by atoms with Crippen LogP contribution in [0.15, 0.2) is 42.5 Å². The zero-order valence-corrected chi connectivity index (χ0v) is 10.2. The molecule has 0 N–H and O–H groups in total. The van der Waals surface area contributed by atoms with E-state index >= 15 is 0 Å². The van der Waals surface area contributed by atoms with Crippen molar-refractivity contribution in [3.8, 4) is 11.1 Å². The Morgan fingerprint density at radius 3 is 2.45 bits per heavy atom. The van der Waals surface area contributed by atoms with Crippen LogP contribution in [0, 0.1) is 17.5 Å². The quantitative estimate of drug-likeness (QED) is 0.698. The van der Waals surface area contributed by atoms with E-state index in [-0.39, 0.29) is 17.8 Å². The second-order valence-corrected chi connectivity index (χ2v) is 4.92. The van der Waals surface area contributed by atoms with Gasteiger partial charge in [-0.1, -0.05) is 30.4 Å². The van der Waals surface area contributed by atoms with Crippen molar-refractivity contribution >= 4 is 0 Å². The summed E-state index contributed by atoms with van der Waals surface area (Å²) in [4.78, 5) is 0. The molecule has 2 aromatic rings. The normalized spacial score (nSPS) is 22.4. The zero-order valence-electron chi connectivity index (χ0n) is 10.2. The van der Waals surface area contributed by atoms with Gasteiger partial charge >= 0.3 is 0 Å². The topological polar surface area (TPSA) is 9.23 Å². The summed E-state index contributed by atoms with van der Waals surface area (Å²) in [6.45, 7) is 0.